The topological polar surface area (TPSA) is 34.9 Å². The van der Waals surface area contributed by atoms with Crippen molar-refractivity contribution in [2.75, 3.05) is 6.26 Å². The number of rotatable bonds is 3. The molecule has 7 heteroatoms. The fourth-order valence-corrected chi connectivity index (χ4v) is 2.79. The maximum atomic E-state index is 11.1. The molecule has 3 nitrogen and oxygen atoms in total. The number of aromatic nitrogens is 2. The van der Waals surface area contributed by atoms with Gasteiger partial charge in [-0.3, -0.25) is 9.25 Å². The van der Waals surface area contributed by atoms with E-state index in [0.29, 0.717) is 5.69 Å². The van der Waals surface area contributed by atoms with Crippen LogP contribution in [0.3, 0.4) is 0 Å². The summed E-state index contributed by atoms with van der Waals surface area (Å²) >= 11 is 12.4. The standard InChI is InChI=1S/C6H9Cl2N2OPS/c1-10-6(13-2)3-5(9-10)4-12(7,8)11/h3H,4H2,1-2H3. The summed E-state index contributed by atoms with van der Waals surface area (Å²) in [4.78, 5) is 0. The molecule has 74 valence electrons. The van der Waals surface area contributed by atoms with Crippen LogP contribution in [0, 0.1) is 0 Å². The third-order valence-corrected chi connectivity index (χ3v) is 3.65. The van der Waals surface area contributed by atoms with Gasteiger partial charge in [0.15, 0.2) is 0 Å². The molecule has 13 heavy (non-hydrogen) atoms. The first-order valence-electron chi connectivity index (χ1n) is 3.47. The largest absolute Gasteiger partial charge is 0.289 e. The first-order valence-corrected chi connectivity index (χ1v) is 8.40. The monoisotopic (exact) mass is 258 g/mol. The van der Waals surface area contributed by atoms with E-state index in [1.165, 1.54) is 0 Å². The summed E-state index contributed by atoms with van der Waals surface area (Å²) in [5.41, 5.74) is 0.667. The van der Waals surface area contributed by atoms with Gasteiger partial charge in [0.05, 0.1) is 16.9 Å². The molecule has 1 aromatic rings. The Hall–Kier alpha value is 0.370. The SMILES string of the molecule is CSc1cc(CP(=O)(Cl)Cl)nn1C. The molecule has 0 spiro atoms. The molecule has 0 aliphatic heterocycles. The molecule has 0 bridgehead atoms. The molecule has 0 atom stereocenters. The number of hydrogen-bond donors (Lipinski definition) is 0. The van der Waals surface area contributed by atoms with Crippen LogP contribution >= 0.6 is 40.1 Å². The lowest BCUT2D eigenvalue weighted by Crippen LogP contribution is -1.92. The molecule has 0 aromatic carbocycles. The smallest absolute Gasteiger partial charge is 0.259 e. The highest BCUT2D eigenvalue weighted by Gasteiger charge is 2.17. The quantitative estimate of drug-likeness (QED) is 0.617. The van der Waals surface area contributed by atoms with Crippen molar-refractivity contribution in [2.45, 2.75) is 11.2 Å². The van der Waals surface area contributed by atoms with Crippen LogP contribution < -0.4 is 0 Å². The second-order valence-corrected chi connectivity index (χ2v) is 8.61. The first kappa shape index (κ1) is 11.4. The van der Waals surface area contributed by atoms with Crippen LogP contribution in [0.25, 0.3) is 0 Å². The number of thioether (sulfide) groups is 1. The van der Waals surface area contributed by atoms with Crippen molar-refractivity contribution in [3.05, 3.63) is 11.8 Å². The first-order chi connectivity index (χ1) is 5.92. The fraction of sp³-hybridized carbons (Fsp3) is 0.500. The third-order valence-electron chi connectivity index (χ3n) is 1.44. The van der Waals surface area contributed by atoms with Gasteiger partial charge < -0.3 is 0 Å². The highest BCUT2D eigenvalue weighted by molar-refractivity contribution is 8.08. The lowest BCUT2D eigenvalue weighted by molar-refractivity contribution is 0.591. The molecule has 0 saturated carbocycles. The average molecular weight is 259 g/mol. The van der Waals surface area contributed by atoms with Gasteiger partial charge in [-0.15, -0.1) is 11.8 Å². The minimum absolute atomic E-state index is 0.129. The van der Waals surface area contributed by atoms with Crippen LogP contribution in [0.1, 0.15) is 5.69 Å². The van der Waals surface area contributed by atoms with E-state index >= 15 is 0 Å². The van der Waals surface area contributed by atoms with Crippen molar-refractivity contribution in [1.29, 1.82) is 0 Å². The summed E-state index contributed by atoms with van der Waals surface area (Å²) in [5, 5.41) is 5.12. The maximum absolute atomic E-state index is 11.1. The number of halogens is 2. The molecule has 0 unspecified atom stereocenters. The normalized spacial score (nSPS) is 12.0. The van der Waals surface area contributed by atoms with E-state index in [2.05, 4.69) is 5.10 Å². The van der Waals surface area contributed by atoms with Crippen LogP contribution in [0.2, 0.25) is 0 Å². The van der Waals surface area contributed by atoms with Gasteiger partial charge in [-0.1, -0.05) is 0 Å². The lowest BCUT2D eigenvalue weighted by atomic mass is 10.5. The minimum atomic E-state index is -3.05. The van der Waals surface area contributed by atoms with Crippen LogP contribution in [0.4, 0.5) is 0 Å². The Kier molecular flexibility index (Phi) is 3.75. The van der Waals surface area contributed by atoms with E-state index in [9.17, 15) is 4.57 Å². The third kappa shape index (κ3) is 3.55. The summed E-state index contributed by atoms with van der Waals surface area (Å²) in [6.07, 6.45) is 2.08. The minimum Gasteiger partial charge on any atom is -0.289 e. The molecule has 1 heterocycles. The average Bonchev–Trinajstić information content (AvgIpc) is 2.26. The van der Waals surface area contributed by atoms with Gasteiger partial charge in [0.2, 0.25) is 0 Å². The van der Waals surface area contributed by atoms with E-state index in [4.69, 9.17) is 22.5 Å². The van der Waals surface area contributed by atoms with E-state index < -0.39 is 5.85 Å². The van der Waals surface area contributed by atoms with Crippen LogP contribution in [-0.4, -0.2) is 16.0 Å². The molecule has 0 N–H and O–H groups in total. The van der Waals surface area contributed by atoms with Gasteiger partial charge in [0.1, 0.15) is 0 Å². The Labute approximate surface area is 90.7 Å². The molecule has 1 rings (SSSR count). The van der Waals surface area contributed by atoms with Crippen molar-refractivity contribution >= 4 is 40.1 Å². The zero-order valence-electron chi connectivity index (χ0n) is 7.20. The molecule has 1 aromatic heterocycles. The molecule has 0 aliphatic carbocycles. The van der Waals surface area contributed by atoms with Gasteiger partial charge in [0.25, 0.3) is 5.85 Å². The Morgan fingerprint density at radius 2 is 2.31 bits per heavy atom. The second-order valence-electron chi connectivity index (χ2n) is 2.53. The van der Waals surface area contributed by atoms with E-state index in [1.807, 2.05) is 19.4 Å². The summed E-state index contributed by atoms with van der Waals surface area (Å²) in [7, 11) is 1.82. The Balaban J connectivity index is 2.86. The molecular weight excluding hydrogens is 250 g/mol. The van der Waals surface area contributed by atoms with Crippen molar-refractivity contribution in [3.63, 3.8) is 0 Å². The number of nitrogens with zero attached hydrogens (tertiary/aromatic N) is 2. The van der Waals surface area contributed by atoms with Gasteiger partial charge in [-0.25, -0.2) is 0 Å². The Morgan fingerprint density at radius 3 is 2.69 bits per heavy atom. The molecule has 0 radical (unpaired) electrons. The molecule has 0 amide bonds. The van der Waals surface area contributed by atoms with Gasteiger partial charge >= 0.3 is 0 Å². The number of aryl methyl sites for hydroxylation is 1. The highest BCUT2D eigenvalue weighted by atomic mass is 35.9. The van der Waals surface area contributed by atoms with Gasteiger partial charge in [-0.2, -0.15) is 5.10 Å². The zero-order chi connectivity index (χ0) is 10.1. The molecular formula is C6H9Cl2N2OPS. The predicted molar refractivity (Wildman–Crippen MR) is 58.0 cm³/mol. The second kappa shape index (κ2) is 4.26. The summed E-state index contributed by atoms with van der Waals surface area (Å²) in [5.74, 6) is -3.05. The van der Waals surface area contributed by atoms with E-state index in [-0.39, 0.29) is 6.16 Å². The fourth-order valence-electron chi connectivity index (χ4n) is 0.964. The Bertz CT molecular complexity index is 348. The van der Waals surface area contributed by atoms with Crippen molar-refractivity contribution < 1.29 is 4.57 Å². The van der Waals surface area contributed by atoms with Crippen molar-refractivity contribution in [1.82, 2.24) is 9.78 Å². The molecule has 0 saturated heterocycles. The number of hydrogen-bond acceptors (Lipinski definition) is 3. The zero-order valence-corrected chi connectivity index (χ0v) is 10.4. The van der Waals surface area contributed by atoms with Crippen molar-refractivity contribution in [3.8, 4) is 0 Å². The Morgan fingerprint density at radius 1 is 1.69 bits per heavy atom. The van der Waals surface area contributed by atoms with Crippen LogP contribution in [0.15, 0.2) is 11.1 Å². The van der Waals surface area contributed by atoms with Gasteiger partial charge in [-0.05, 0) is 34.8 Å². The predicted octanol–water partition coefficient (Wildman–Crippen LogP) is 3.31. The summed E-state index contributed by atoms with van der Waals surface area (Å²) < 4.78 is 12.8. The van der Waals surface area contributed by atoms with Crippen molar-refractivity contribution in [2.24, 2.45) is 7.05 Å². The summed E-state index contributed by atoms with van der Waals surface area (Å²) in [6.45, 7) is 0. The van der Waals surface area contributed by atoms with Gasteiger partial charge in [0, 0.05) is 7.05 Å². The highest BCUT2D eigenvalue weighted by Crippen LogP contribution is 2.59. The molecule has 0 fully saturated rings. The van der Waals surface area contributed by atoms with E-state index in [1.54, 1.807) is 16.4 Å². The van der Waals surface area contributed by atoms with Crippen LogP contribution in [0.5, 0.6) is 0 Å². The maximum Gasteiger partial charge on any atom is 0.259 e. The lowest BCUT2D eigenvalue weighted by Gasteiger charge is -1.95. The van der Waals surface area contributed by atoms with Crippen LogP contribution in [-0.2, 0) is 17.8 Å². The molecule has 0 aliphatic rings. The van der Waals surface area contributed by atoms with E-state index in [0.717, 1.165) is 5.03 Å². The summed E-state index contributed by atoms with van der Waals surface area (Å²) in [6, 6.07) is 1.84.